The third-order valence-corrected chi connectivity index (χ3v) is 8.37. The van der Waals surface area contributed by atoms with E-state index >= 15 is 0 Å². The van der Waals surface area contributed by atoms with Crippen LogP contribution in [0.15, 0.2) is 0 Å². The van der Waals surface area contributed by atoms with Crippen molar-refractivity contribution in [2.24, 2.45) is 5.73 Å². The maximum atomic E-state index is 12.4. The highest BCUT2D eigenvalue weighted by Crippen LogP contribution is 2.26. The van der Waals surface area contributed by atoms with Gasteiger partial charge in [-0.3, -0.25) is 38.5 Å². The van der Waals surface area contributed by atoms with Gasteiger partial charge in [0.05, 0.1) is 36.4 Å². The summed E-state index contributed by atoms with van der Waals surface area (Å²) < 4.78 is 0. The molecule has 0 spiro atoms. The Morgan fingerprint density at radius 2 is 1.39 bits per heavy atom. The number of imide groups is 1. The summed E-state index contributed by atoms with van der Waals surface area (Å²) in [7, 11) is 7.00. The zero-order valence-electron chi connectivity index (χ0n) is 26.8. The van der Waals surface area contributed by atoms with Gasteiger partial charge in [-0.05, 0) is 57.2 Å². The summed E-state index contributed by atoms with van der Waals surface area (Å²) in [6.07, 6.45) is 3.93. The molecule has 2 radical (unpaired) electrons. The highest BCUT2D eigenvalue weighted by molar-refractivity contribution is 8.00. The van der Waals surface area contributed by atoms with Crippen molar-refractivity contribution in [1.29, 1.82) is 0 Å². The van der Waals surface area contributed by atoms with Gasteiger partial charge in [0.15, 0.2) is 7.85 Å². The summed E-state index contributed by atoms with van der Waals surface area (Å²) in [5.41, 5.74) is 4.76. The van der Waals surface area contributed by atoms with Crippen molar-refractivity contribution in [1.82, 2.24) is 31.5 Å². The van der Waals surface area contributed by atoms with E-state index in [-0.39, 0.29) is 74.8 Å². The molecule has 1 fully saturated rings. The lowest BCUT2D eigenvalue weighted by Gasteiger charge is -2.14. The van der Waals surface area contributed by atoms with Crippen molar-refractivity contribution in [3.05, 3.63) is 0 Å². The monoisotopic (exact) mass is 685 g/mol. The molecule has 46 heavy (non-hydrogen) atoms. The minimum atomic E-state index is -0.573. The van der Waals surface area contributed by atoms with E-state index in [2.05, 4.69) is 33.5 Å². The molecule has 15 nitrogen and oxygen atoms in total. The first kappa shape index (κ1) is 42.9. The van der Waals surface area contributed by atoms with Crippen LogP contribution in [0.4, 0.5) is 0 Å². The second kappa shape index (κ2) is 27.0. The number of thioether (sulfide) groups is 2. The van der Waals surface area contributed by atoms with Crippen LogP contribution in [0, 0.1) is 0 Å². The van der Waals surface area contributed by atoms with Crippen LogP contribution in [0.2, 0.25) is 0 Å². The molecule has 0 aromatic carbocycles. The van der Waals surface area contributed by atoms with Gasteiger partial charge < -0.3 is 37.1 Å². The molecular weight excluding hydrogens is 637 g/mol. The maximum Gasteiger partial charge on any atom is 0.242 e. The number of hydrogen-bond acceptors (Lipinski definition) is 11. The average Bonchev–Trinajstić information content (AvgIpc) is 3.28. The lowest BCUT2D eigenvalue weighted by molar-refractivity contribution is -0.138. The van der Waals surface area contributed by atoms with E-state index in [1.54, 1.807) is 0 Å². The van der Waals surface area contributed by atoms with Gasteiger partial charge in [-0.2, -0.15) is 0 Å². The Morgan fingerprint density at radius 1 is 0.804 bits per heavy atom. The largest absolute Gasteiger partial charge is 0.370 e. The highest BCUT2D eigenvalue weighted by atomic mass is 32.2. The van der Waals surface area contributed by atoms with E-state index in [4.69, 9.17) is 13.6 Å². The standard InChI is InChI=1S/C25H39BN6O8S2.C3H9N/c26-18(33)6-2-1-3-10-41-16-31-23(38)15-30-22(37)14-29-21(36)13-28-20(35)8-5-11-42-17-12-24(39)32(25(17)40)9-4-7-19(27)34;1-3-4-2/h17H,1-16H2,(H2,27,34)(H,28,35)(H,29,36)(H,30,37)(H,31,38);4H,3H2,1-2H3. The summed E-state index contributed by atoms with van der Waals surface area (Å²) in [4.78, 5) is 94.5. The summed E-state index contributed by atoms with van der Waals surface area (Å²) in [6, 6.07) is 0. The second-order valence-electron chi connectivity index (χ2n) is 10.1. The lowest BCUT2D eigenvalue weighted by Crippen LogP contribution is -2.44. The number of unbranched alkanes of at least 4 members (excludes halogenated alkanes) is 2. The van der Waals surface area contributed by atoms with E-state index in [9.17, 15) is 38.4 Å². The quantitative estimate of drug-likeness (QED) is 0.0298. The topological polar surface area (TPSA) is 226 Å². The molecule has 1 unspecified atom stereocenters. The molecule has 7 N–H and O–H groups in total. The van der Waals surface area contributed by atoms with Crippen LogP contribution in [0.25, 0.3) is 0 Å². The fraction of sp³-hybridized carbons (Fsp3) is 0.714. The maximum absolute atomic E-state index is 12.4. The Kier molecular flexibility index (Phi) is 25.2. The smallest absolute Gasteiger partial charge is 0.242 e. The van der Waals surface area contributed by atoms with Crippen LogP contribution in [-0.4, -0.2) is 122 Å². The van der Waals surface area contributed by atoms with Gasteiger partial charge in [0.1, 0.15) is 0 Å². The van der Waals surface area contributed by atoms with Gasteiger partial charge in [-0.15, -0.1) is 23.5 Å². The molecule has 1 aliphatic rings. The summed E-state index contributed by atoms with van der Waals surface area (Å²) >= 11 is 2.80. The molecule has 0 aromatic rings. The van der Waals surface area contributed by atoms with E-state index < -0.39 is 23.0 Å². The second-order valence-corrected chi connectivity index (χ2v) is 12.5. The molecule has 1 atom stereocenters. The number of amides is 7. The van der Waals surface area contributed by atoms with Gasteiger partial charge in [0.25, 0.3) is 0 Å². The van der Waals surface area contributed by atoms with Crippen LogP contribution in [-0.2, 0) is 38.4 Å². The Bertz CT molecular complexity index is 1020. The first-order valence-corrected chi connectivity index (χ1v) is 17.4. The number of nitrogens with one attached hydrogen (secondary N) is 5. The normalized spacial score (nSPS) is 13.8. The van der Waals surface area contributed by atoms with Gasteiger partial charge >= 0.3 is 0 Å². The van der Waals surface area contributed by atoms with Crippen molar-refractivity contribution < 1.29 is 38.4 Å². The molecular formula is C28H48BN7O8S2. The highest BCUT2D eigenvalue weighted by Gasteiger charge is 2.38. The van der Waals surface area contributed by atoms with Crippen molar-refractivity contribution in [2.75, 3.05) is 57.2 Å². The molecule has 1 heterocycles. The molecule has 18 heteroatoms. The Hall–Kier alpha value is -3.12. The lowest BCUT2D eigenvalue weighted by atomic mass is 9.97. The Balaban J connectivity index is 0.00000476. The number of primary amides is 1. The SMILES string of the molecule is CCNC.[B]C(=O)CCCCCSCNC(=O)CNC(=O)CNC(=O)CNC(=O)CCCSC1CC(=O)N(CCCC(N)=O)C1=O. The van der Waals surface area contributed by atoms with Crippen LogP contribution < -0.4 is 32.3 Å². The predicted octanol–water partition coefficient (Wildman–Crippen LogP) is -1.47. The number of hydrogen-bond donors (Lipinski definition) is 6. The molecule has 258 valence electrons. The fourth-order valence-electron chi connectivity index (χ4n) is 3.58. The number of carbonyl (C=O) groups excluding carboxylic acids is 8. The number of nitrogens with zero attached hydrogens (tertiary/aromatic N) is 1. The van der Waals surface area contributed by atoms with E-state index in [0.717, 1.165) is 36.5 Å². The Morgan fingerprint density at radius 3 is 1.96 bits per heavy atom. The van der Waals surface area contributed by atoms with E-state index in [0.29, 0.717) is 30.9 Å². The van der Waals surface area contributed by atoms with Crippen LogP contribution in [0.1, 0.15) is 64.7 Å². The summed E-state index contributed by atoms with van der Waals surface area (Å²) in [5, 5.41) is 12.2. The molecule has 0 saturated carbocycles. The van der Waals surface area contributed by atoms with Crippen molar-refractivity contribution >= 4 is 78.4 Å². The summed E-state index contributed by atoms with van der Waals surface area (Å²) in [5.74, 6) is -1.31. The number of likely N-dealkylation sites (tertiary alicyclic amines) is 1. The molecule has 1 aliphatic heterocycles. The van der Waals surface area contributed by atoms with Gasteiger partial charge in [-0.25, -0.2) is 0 Å². The third kappa shape index (κ3) is 23.3. The van der Waals surface area contributed by atoms with E-state index in [1.165, 1.54) is 23.5 Å². The fourth-order valence-corrected chi connectivity index (χ4v) is 5.53. The summed E-state index contributed by atoms with van der Waals surface area (Å²) in [6.45, 7) is 2.38. The van der Waals surface area contributed by atoms with Gasteiger partial charge in [-0.1, -0.05) is 13.3 Å². The molecule has 0 bridgehead atoms. The first-order chi connectivity index (χ1) is 21.9. The predicted molar refractivity (Wildman–Crippen MR) is 179 cm³/mol. The molecule has 7 amide bonds. The van der Waals surface area contributed by atoms with Crippen LogP contribution in [0.5, 0.6) is 0 Å². The van der Waals surface area contributed by atoms with E-state index in [1.807, 2.05) is 7.05 Å². The van der Waals surface area contributed by atoms with Gasteiger partial charge in [0.2, 0.25) is 41.4 Å². The van der Waals surface area contributed by atoms with Crippen LogP contribution in [0.3, 0.4) is 0 Å². The van der Waals surface area contributed by atoms with Crippen molar-refractivity contribution in [3.63, 3.8) is 0 Å². The van der Waals surface area contributed by atoms with Crippen molar-refractivity contribution in [3.8, 4) is 0 Å². The third-order valence-electron chi connectivity index (χ3n) is 6.15. The molecule has 0 aliphatic carbocycles. The zero-order valence-corrected chi connectivity index (χ0v) is 28.4. The molecule has 1 rings (SSSR count). The number of carbonyl (C=O) groups is 8. The zero-order chi connectivity index (χ0) is 34.7. The molecule has 1 saturated heterocycles. The van der Waals surface area contributed by atoms with Crippen LogP contribution >= 0.6 is 23.5 Å². The van der Waals surface area contributed by atoms with Gasteiger partial charge in [0, 0.05) is 25.8 Å². The average molecular weight is 686 g/mol. The first-order valence-electron chi connectivity index (χ1n) is 15.2. The molecule has 0 aromatic heterocycles. The van der Waals surface area contributed by atoms with Crippen molar-refractivity contribution in [2.45, 2.75) is 70.0 Å². The minimum Gasteiger partial charge on any atom is -0.370 e. The number of rotatable bonds is 24. The Labute approximate surface area is 280 Å². The minimum absolute atomic E-state index is 0.0750. The number of nitrogens with two attached hydrogens (primary N) is 1.